The molecule has 2 unspecified atom stereocenters. The minimum absolute atomic E-state index is 0.0165. The van der Waals surface area contributed by atoms with Crippen LogP contribution < -0.4 is 4.74 Å². The van der Waals surface area contributed by atoms with Crippen molar-refractivity contribution in [2.75, 3.05) is 0 Å². The van der Waals surface area contributed by atoms with Crippen LogP contribution in [0.3, 0.4) is 0 Å². The normalized spacial score (nSPS) is 38.2. The fraction of sp³-hybridized carbons (Fsp3) is 0.536. The van der Waals surface area contributed by atoms with E-state index in [0.29, 0.717) is 30.4 Å². The van der Waals surface area contributed by atoms with Gasteiger partial charge in [-0.05, 0) is 73.8 Å². The number of carbonyl (C=O) groups excluding carboxylic acids is 1. The summed E-state index contributed by atoms with van der Waals surface area (Å²) in [7, 11) is 0. The highest BCUT2D eigenvalue weighted by Gasteiger charge is 2.57. The first-order valence-corrected chi connectivity index (χ1v) is 13.0. The minimum atomic E-state index is -0.512. The number of hydrogen-bond donors (Lipinski definition) is 2. The summed E-state index contributed by atoms with van der Waals surface area (Å²) in [5.41, 5.74) is 3.72. The largest absolute Gasteiger partial charge is 0.418 e. The van der Waals surface area contributed by atoms with Crippen molar-refractivity contribution in [1.29, 1.82) is 0 Å². The SMILES string of the molecule is C[C@H](SC(=O)Oc1ccccc1)C1=CCC2C3=CC=C4C[C@@H](O)C[C@H](O)[C@]4(C)C3CC[C@]12C. The Morgan fingerprint density at radius 2 is 1.91 bits per heavy atom. The van der Waals surface area contributed by atoms with Crippen LogP contribution in [0.25, 0.3) is 0 Å². The third-order valence-corrected chi connectivity index (χ3v) is 9.83. The lowest BCUT2D eigenvalue weighted by Gasteiger charge is -2.56. The Morgan fingerprint density at radius 1 is 1.15 bits per heavy atom. The number of allylic oxidation sites excluding steroid dienone is 4. The third kappa shape index (κ3) is 3.73. The standard InChI is InChI=1S/C28H34O4S/c1-17(33-26(31)32-20-7-5-4-6-8-20)22-11-12-23-21-10-9-18-15-19(29)16-25(30)28(18,3)24(21)13-14-27(22,23)2/h4-11,17,19,23-25,29-30H,12-16H2,1-3H3/t17-,19+,23?,24?,25-,27+,28-/m0/s1. The molecule has 4 nitrogen and oxygen atoms in total. The van der Waals surface area contributed by atoms with E-state index in [1.54, 1.807) is 12.1 Å². The molecule has 0 bridgehead atoms. The van der Waals surface area contributed by atoms with E-state index in [9.17, 15) is 15.0 Å². The maximum atomic E-state index is 12.6. The van der Waals surface area contributed by atoms with Crippen molar-refractivity contribution in [2.45, 2.75) is 70.3 Å². The predicted octanol–water partition coefficient (Wildman–Crippen LogP) is 6.06. The molecular formula is C28H34O4S. The van der Waals surface area contributed by atoms with Gasteiger partial charge in [0.15, 0.2) is 0 Å². The summed E-state index contributed by atoms with van der Waals surface area (Å²) in [4.78, 5) is 12.6. The third-order valence-electron chi connectivity index (χ3n) is 8.95. The molecule has 5 heteroatoms. The molecule has 4 aliphatic carbocycles. The van der Waals surface area contributed by atoms with E-state index in [0.717, 1.165) is 19.3 Å². The molecule has 2 fully saturated rings. The highest BCUT2D eigenvalue weighted by atomic mass is 32.2. The second-order valence-electron chi connectivity index (χ2n) is 10.6. The fourth-order valence-corrected chi connectivity index (χ4v) is 8.04. The Hall–Kier alpha value is -1.82. The lowest BCUT2D eigenvalue weighted by Crippen LogP contribution is -2.52. The molecule has 0 radical (unpaired) electrons. The number of hydrogen-bond acceptors (Lipinski definition) is 5. The molecule has 1 aromatic rings. The number of aliphatic hydroxyl groups excluding tert-OH is 2. The topological polar surface area (TPSA) is 66.8 Å². The Balaban J connectivity index is 1.34. The highest BCUT2D eigenvalue weighted by Crippen LogP contribution is 2.64. The van der Waals surface area contributed by atoms with Gasteiger partial charge >= 0.3 is 5.30 Å². The molecule has 7 atom stereocenters. The van der Waals surface area contributed by atoms with Crippen LogP contribution in [0.15, 0.2) is 65.3 Å². The van der Waals surface area contributed by atoms with Crippen LogP contribution in [0, 0.1) is 22.7 Å². The van der Waals surface area contributed by atoms with E-state index in [4.69, 9.17) is 4.74 Å². The van der Waals surface area contributed by atoms with Gasteiger partial charge in [-0.15, -0.1) is 0 Å². The number of benzene rings is 1. The molecule has 2 saturated carbocycles. The molecule has 2 N–H and O–H groups in total. The molecule has 176 valence electrons. The van der Waals surface area contributed by atoms with Crippen molar-refractivity contribution in [3.8, 4) is 5.75 Å². The van der Waals surface area contributed by atoms with E-state index in [1.807, 2.05) is 18.2 Å². The summed E-state index contributed by atoms with van der Waals surface area (Å²) in [5, 5.41) is 21.0. The number of aliphatic hydroxyl groups is 2. The lowest BCUT2D eigenvalue weighted by atomic mass is 9.50. The van der Waals surface area contributed by atoms with Gasteiger partial charge < -0.3 is 14.9 Å². The van der Waals surface area contributed by atoms with Gasteiger partial charge in [0.1, 0.15) is 5.75 Å². The van der Waals surface area contributed by atoms with Gasteiger partial charge in [0.25, 0.3) is 0 Å². The second kappa shape index (κ2) is 8.44. The van der Waals surface area contributed by atoms with Crippen molar-refractivity contribution < 1.29 is 19.7 Å². The van der Waals surface area contributed by atoms with Crippen molar-refractivity contribution in [2.24, 2.45) is 22.7 Å². The zero-order chi connectivity index (χ0) is 23.4. The summed E-state index contributed by atoms with van der Waals surface area (Å²) >= 11 is 1.26. The molecular weight excluding hydrogens is 432 g/mol. The predicted molar refractivity (Wildman–Crippen MR) is 132 cm³/mol. The van der Waals surface area contributed by atoms with E-state index < -0.39 is 12.2 Å². The van der Waals surface area contributed by atoms with Crippen LogP contribution in [-0.4, -0.2) is 33.0 Å². The van der Waals surface area contributed by atoms with Crippen molar-refractivity contribution in [3.05, 3.63) is 65.3 Å². The summed E-state index contributed by atoms with van der Waals surface area (Å²) in [6, 6.07) is 9.23. The molecule has 0 aromatic heterocycles. The number of para-hydroxylation sites is 1. The van der Waals surface area contributed by atoms with Gasteiger partial charge in [-0.2, -0.15) is 0 Å². The maximum absolute atomic E-state index is 12.6. The van der Waals surface area contributed by atoms with Gasteiger partial charge in [-0.3, -0.25) is 0 Å². The van der Waals surface area contributed by atoms with Crippen molar-refractivity contribution >= 4 is 17.1 Å². The average Bonchev–Trinajstić information content (AvgIpc) is 3.13. The van der Waals surface area contributed by atoms with Crippen molar-refractivity contribution in [1.82, 2.24) is 0 Å². The van der Waals surface area contributed by atoms with Crippen molar-refractivity contribution in [3.63, 3.8) is 0 Å². The Morgan fingerprint density at radius 3 is 2.67 bits per heavy atom. The molecule has 1 aromatic carbocycles. The summed E-state index contributed by atoms with van der Waals surface area (Å²) in [6.45, 7) is 6.68. The smallest absolute Gasteiger partial charge is 0.373 e. The molecule has 0 heterocycles. The van der Waals surface area contributed by atoms with Gasteiger partial charge in [-0.1, -0.05) is 67.0 Å². The Bertz CT molecular complexity index is 1030. The minimum Gasteiger partial charge on any atom is -0.418 e. The second-order valence-corrected chi connectivity index (χ2v) is 11.9. The van der Waals surface area contributed by atoms with Crippen LogP contribution in [-0.2, 0) is 0 Å². The molecule has 4 aliphatic rings. The van der Waals surface area contributed by atoms with Crippen LogP contribution in [0.5, 0.6) is 5.75 Å². The molecule has 33 heavy (non-hydrogen) atoms. The van der Waals surface area contributed by atoms with Gasteiger partial charge in [-0.25, -0.2) is 4.79 Å². The quantitative estimate of drug-likeness (QED) is 0.419. The van der Waals surface area contributed by atoms with E-state index >= 15 is 0 Å². The number of fused-ring (bicyclic) bond motifs is 5. The monoisotopic (exact) mass is 466 g/mol. The first-order valence-electron chi connectivity index (χ1n) is 12.1. The molecule has 5 rings (SSSR count). The Labute approximate surface area is 200 Å². The Kier molecular flexibility index (Phi) is 5.87. The van der Waals surface area contributed by atoms with E-state index in [-0.39, 0.29) is 21.4 Å². The fourth-order valence-electron chi connectivity index (χ4n) is 7.11. The number of carbonyl (C=O) groups is 1. The summed E-state index contributed by atoms with van der Waals surface area (Å²) < 4.78 is 5.52. The lowest BCUT2D eigenvalue weighted by molar-refractivity contribution is -0.0489. The molecule has 0 spiro atoms. The molecule has 0 amide bonds. The first-order chi connectivity index (χ1) is 15.7. The van der Waals surface area contributed by atoms with Crippen LogP contribution in [0.2, 0.25) is 0 Å². The van der Waals surface area contributed by atoms with Gasteiger partial charge in [0.05, 0.1) is 12.2 Å². The zero-order valence-corrected chi connectivity index (χ0v) is 20.5. The van der Waals surface area contributed by atoms with E-state index in [1.165, 1.54) is 28.5 Å². The van der Waals surface area contributed by atoms with Crippen LogP contribution in [0.1, 0.15) is 52.9 Å². The van der Waals surface area contributed by atoms with Gasteiger partial charge in [0, 0.05) is 17.1 Å². The van der Waals surface area contributed by atoms with Crippen LogP contribution >= 0.6 is 11.8 Å². The van der Waals surface area contributed by atoms with E-state index in [2.05, 4.69) is 39.0 Å². The van der Waals surface area contributed by atoms with Crippen LogP contribution in [0.4, 0.5) is 4.79 Å². The first kappa shape index (κ1) is 22.9. The average molecular weight is 467 g/mol. The van der Waals surface area contributed by atoms with Gasteiger partial charge in [0.2, 0.25) is 0 Å². The number of rotatable bonds is 3. The molecule has 0 aliphatic heterocycles. The number of ether oxygens (including phenoxy) is 1. The summed E-state index contributed by atoms with van der Waals surface area (Å²) in [5.74, 6) is 1.29. The number of thioether (sulfide) groups is 1. The zero-order valence-electron chi connectivity index (χ0n) is 19.7. The highest BCUT2D eigenvalue weighted by molar-refractivity contribution is 8.14. The maximum Gasteiger partial charge on any atom is 0.373 e. The molecule has 0 saturated heterocycles. The summed E-state index contributed by atoms with van der Waals surface area (Å²) in [6.07, 6.45) is 10.0.